The molecule has 7 heteroatoms. The maximum absolute atomic E-state index is 12.1. The van der Waals surface area contributed by atoms with E-state index in [-0.39, 0.29) is 57.1 Å². The summed E-state index contributed by atoms with van der Waals surface area (Å²) in [4.78, 5) is 0. The first-order valence-corrected chi connectivity index (χ1v) is 3.47. The molecule has 0 amide bonds. The average Bonchev–Trinajstić information content (AvgIpc) is 1.83. The molecule has 66 valence electrons. The summed E-state index contributed by atoms with van der Waals surface area (Å²) >= 11 is 5.25. The van der Waals surface area contributed by atoms with Crippen molar-refractivity contribution in [1.29, 1.82) is 0 Å². The Kier molecular flexibility index (Phi) is 5.35. The number of halogens is 4. The summed E-state index contributed by atoms with van der Waals surface area (Å²) in [6, 6.07) is 2.58. The van der Waals surface area contributed by atoms with Crippen molar-refractivity contribution in [2.75, 3.05) is 0 Å². The molecule has 0 fully saturated rings. The molecule has 1 aromatic rings. The maximum atomic E-state index is 12.1. The van der Waals surface area contributed by atoms with Crippen LogP contribution in [0.2, 0.25) is 5.02 Å². The van der Waals surface area contributed by atoms with Gasteiger partial charge in [0.2, 0.25) is 0 Å². The zero-order valence-corrected chi connectivity index (χ0v) is 10.6. The van der Waals surface area contributed by atoms with Crippen molar-refractivity contribution < 1.29 is 69.4 Å². The molecule has 0 aliphatic carbocycles. The van der Waals surface area contributed by atoms with E-state index in [1.807, 2.05) is 0 Å². The Bertz CT molecular complexity index is 304. The Morgan fingerprint density at radius 1 is 1.23 bits per heavy atom. The van der Waals surface area contributed by atoms with Crippen LogP contribution >= 0.6 is 11.6 Å². The van der Waals surface area contributed by atoms with Crippen LogP contribution in [0.15, 0.2) is 18.2 Å². The summed E-state index contributed by atoms with van der Waals surface area (Å²) in [7, 11) is 0. The molecule has 1 aromatic carbocycles. The van der Waals surface area contributed by atoms with Gasteiger partial charge in [0.25, 0.3) is 0 Å². The molecule has 0 saturated heterocycles. The van der Waals surface area contributed by atoms with Crippen LogP contribution in [0.5, 0.6) is 5.75 Å². The smallest absolute Gasteiger partial charge is 0.508 e. The Morgan fingerprint density at radius 3 is 2.15 bits per heavy atom. The molecule has 1 nitrogen and oxygen atoms in total. The largest absolute Gasteiger partial charge is 1.00 e. The van der Waals surface area contributed by atoms with Gasteiger partial charge in [-0.15, -0.1) is 0 Å². The van der Waals surface area contributed by atoms with Crippen LogP contribution in [0, 0.1) is 0 Å². The third-order valence-electron chi connectivity index (χ3n) is 1.34. The van der Waals surface area contributed by atoms with Crippen molar-refractivity contribution in [1.82, 2.24) is 0 Å². The standard InChI is InChI=1S/C6H4BClF3O.K/c8-6-3-4(12)1-2-5(6)7(9,10)11;/h1-3,12H;/q-1;+1. The van der Waals surface area contributed by atoms with E-state index in [2.05, 4.69) is 0 Å². The van der Waals surface area contributed by atoms with Crippen molar-refractivity contribution >= 4 is 24.0 Å². The molecule has 0 unspecified atom stereocenters. The van der Waals surface area contributed by atoms with Crippen LogP contribution in [-0.4, -0.2) is 12.1 Å². The molecule has 0 radical (unpaired) electrons. The van der Waals surface area contributed by atoms with Crippen molar-refractivity contribution in [3.63, 3.8) is 0 Å². The fourth-order valence-electron chi connectivity index (χ4n) is 0.782. The third-order valence-corrected chi connectivity index (χ3v) is 1.66. The molecule has 0 saturated carbocycles. The number of benzene rings is 1. The number of aromatic hydroxyl groups is 1. The molecule has 0 spiro atoms. The minimum Gasteiger partial charge on any atom is -0.508 e. The molecule has 0 bridgehead atoms. The van der Waals surface area contributed by atoms with Gasteiger partial charge in [0.15, 0.2) is 0 Å². The summed E-state index contributed by atoms with van der Waals surface area (Å²) in [6.45, 7) is -5.09. The predicted octanol–water partition coefficient (Wildman–Crippen LogP) is -0.896. The first kappa shape index (κ1) is 13.8. The van der Waals surface area contributed by atoms with Crippen LogP contribution in [0.4, 0.5) is 12.9 Å². The van der Waals surface area contributed by atoms with Gasteiger partial charge in [-0.25, -0.2) is 0 Å². The zero-order chi connectivity index (χ0) is 9.35. The molecule has 1 rings (SSSR count). The Hall–Kier alpha value is 0.801. The van der Waals surface area contributed by atoms with E-state index < -0.39 is 17.5 Å². The maximum Gasteiger partial charge on any atom is 1.00 e. The third kappa shape index (κ3) is 3.81. The predicted molar refractivity (Wildman–Crippen MR) is 41.8 cm³/mol. The minimum absolute atomic E-state index is 0. The second-order valence-corrected chi connectivity index (χ2v) is 2.69. The molecule has 0 aliphatic heterocycles. The second-order valence-electron chi connectivity index (χ2n) is 2.28. The van der Waals surface area contributed by atoms with Gasteiger partial charge in [0, 0.05) is 5.02 Å². The first-order valence-electron chi connectivity index (χ1n) is 3.09. The number of hydrogen-bond donors (Lipinski definition) is 1. The Morgan fingerprint density at radius 2 is 1.77 bits per heavy atom. The van der Waals surface area contributed by atoms with Crippen LogP contribution in [0.25, 0.3) is 0 Å². The fourth-order valence-corrected chi connectivity index (χ4v) is 1.08. The molecule has 0 heterocycles. The number of phenols is 1. The van der Waals surface area contributed by atoms with Crippen molar-refractivity contribution in [3.8, 4) is 5.75 Å². The van der Waals surface area contributed by atoms with Crippen LogP contribution in [-0.2, 0) is 0 Å². The SMILES string of the molecule is Oc1ccc([B-](F)(F)F)c(Cl)c1.[K+]. The van der Waals surface area contributed by atoms with Gasteiger partial charge in [0.05, 0.1) is 0 Å². The van der Waals surface area contributed by atoms with Gasteiger partial charge in [0.1, 0.15) is 5.75 Å². The van der Waals surface area contributed by atoms with E-state index in [0.717, 1.165) is 18.2 Å². The normalized spacial score (nSPS) is 10.8. The van der Waals surface area contributed by atoms with E-state index in [4.69, 9.17) is 16.7 Å². The van der Waals surface area contributed by atoms with Crippen molar-refractivity contribution in [3.05, 3.63) is 23.2 Å². The van der Waals surface area contributed by atoms with E-state index in [1.54, 1.807) is 0 Å². The minimum atomic E-state index is -5.09. The van der Waals surface area contributed by atoms with Gasteiger partial charge in [-0.2, -0.15) is 0 Å². The van der Waals surface area contributed by atoms with E-state index >= 15 is 0 Å². The molecule has 13 heavy (non-hydrogen) atoms. The monoisotopic (exact) mass is 234 g/mol. The zero-order valence-electron chi connectivity index (χ0n) is 6.77. The summed E-state index contributed by atoms with van der Waals surface area (Å²) < 4.78 is 36.2. The quantitative estimate of drug-likeness (QED) is 0.625. The van der Waals surface area contributed by atoms with Crippen molar-refractivity contribution in [2.24, 2.45) is 0 Å². The van der Waals surface area contributed by atoms with Gasteiger partial charge in [-0.05, 0) is 12.1 Å². The molecule has 0 atom stereocenters. The van der Waals surface area contributed by atoms with Crippen LogP contribution < -0.4 is 56.8 Å². The van der Waals surface area contributed by atoms with Crippen molar-refractivity contribution in [2.45, 2.75) is 0 Å². The number of hydrogen-bond acceptors (Lipinski definition) is 1. The molecular formula is C6H4BClF3KO. The molecule has 0 aromatic heterocycles. The summed E-state index contributed by atoms with van der Waals surface area (Å²) in [5, 5.41) is 8.29. The van der Waals surface area contributed by atoms with Gasteiger partial charge >= 0.3 is 58.4 Å². The topological polar surface area (TPSA) is 20.2 Å². The number of rotatable bonds is 1. The summed E-state index contributed by atoms with van der Waals surface area (Å²) in [5.41, 5.74) is -0.880. The Balaban J connectivity index is 0.00000144. The van der Waals surface area contributed by atoms with E-state index in [9.17, 15) is 12.9 Å². The van der Waals surface area contributed by atoms with Gasteiger partial charge in [-0.3, -0.25) is 0 Å². The average molecular weight is 234 g/mol. The van der Waals surface area contributed by atoms with E-state index in [1.165, 1.54) is 0 Å². The first-order chi connectivity index (χ1) is 5.41. The fraction of sp³-hybridized carbons (Fsp3) is 0. The molecule has 0 aliphatic rings. The summed E-state index contributed by atoms with van der Waals surface area (Å²) in [5.74, 6) is -0.274. The molecule has 1 N–H and O–H groups in total. The van der Waals surface area contributed by atoms with Crippen LogP contribution in [0.1, 0.15) is 0 Å². The number of phenolic OH excluding ortho intramolecular Hbond substituents is 1. The Labute approximate surface area is 121 Å². The second kappa shape index (κ2) is 5.04. The van der Waals surface area contributed by atoms with Gasteiger partial charge < -0.3 is 18.1 Å². The molecular weight excluding hydrogens is 230 g/mol. The van der Waals surface area contributed by atoms with E-state index in [0.29, 0.717) is 0 Å². The summed E-state index contributed by atoms with van der Waals surface area (Å²) in [6.07, 6.45) is 0. The van der Waals surface area contributed by atoms with Crippen LogP contribution in [0.3, 0.4) is 0 Å². The van der Waals surface area contributed by atoms with Gasteiger partial charge in [-0.1, -0.05) is 23.1 Å².